The molecule has 5 rings (SSSR count). The van der Waals surface area contributed by atoms with Gasteiger partial charge in [0.25, 0.3) is 11.8 Å². The van der Waals surface area contributed by atoms with E-state index in [0.717, 1.165) is 18.5 Å². The molecule has 1 fully saturated rings. The minimum Gasteiger partial charge on any atom is -0.497 e. The number of carbonyl (C=O) groups excluding carboxylic acids is 3. The Morgan fingerprint density at radius 1 is 1.00 bits per heavy atom. The van der Waals surface area contributed by atoms with Gasteiger partial charge in [-0.3, -0.25) is 14.4 Å². The smallest absolute Gasteiger partial charge is 0.277 e. The van der Waals surface area contributed by atoms with Gasteiger partial charge in [-0.2, -0.15) is 5.10 Å². The average molecular weight is 494 g/mol. The molecule has 2 aliphatic heterocycles. The highest BCUT2D eigenvalue weighted by Crippen LogP contribution is 2.33. The number of amides is 3. The molecule has 1 aromatic heterocycles. The highest BCUT2D eigenvalue weighted by atomic mass is 35.5. The molecule has 0 unspecified atom stereocenters. The third-order valence-corrected chi connectivity index (χ3v) is 6.73. The molecule has 180 valence electrons. The highest BCUT2D eigenvalue weighted by Gasteiger charge is 2.35. The number of aromatic nitrogens is 2. The molecule has 10 heteroatoms. The lowest BCUT2D eigenvalue weighted by atomic mass is 10.0. The van der Waals surface area contributed by atoms with Crippen LogP contribution < -0.4 is 20.3 Å². The first-order valence-corrected chi connectivity index (χ1v) is 11.7. The minimum absolute atomic E-state index is 0.0545. The maximum atomic E-state index is 13.7. The van der Waals surface area contributed by atoms with Gasteiger partial charge in [0.1, 0.15) is 11.4 Å². The number of carbonyl (C=O) groups is 3. The van der Waals surface area contributed by atoms with Crippen LogP contribution >= 0.6 is 11.6 Å². The number of hydrogen-bond acceptors (Lipinski definition) is 5. The summed E-state index contributed by atoms with van der Waals surface area (Å²) < 4.78 is 6.59. The van der Waals surface area contributed by atoms with Crippen molar-refractivity contribution in [1.29, 1.82) is 0 Å². The van der Waals surface area contributed by atoms with Crippen LogP contribution in [-0.2, 0) is 11.2 Å². The van der Waals surface area contributed by atoms with Crippen molar-refractivity contribution in [3.8, 4) is 11.4 Å². The summed E-state index contributed by atoms with van der Waals surface area (Å²) in [5, 5.41) is 4.68. The first-order valence-electron chi connectivity index (χ1n) is 11.4. The largest absolute Gasteiger partial charge is 0.497 e. The summed E-state index contributed by atoms with van der Waals surface area (Å²) in [6.45, 7) is 1.05. The van der Waals surface area contributed by atoms with Gasteiger partial charge in [0.15, 0.2) is 5.69 Å². The van der Waals surface area contributed by atoms with Gasteiger partial charge in [0, 0.05) is 42.5 Å². The number of piperidine rings is 1. The molecule has 3 amide bonds. The Bertz CT molecular complexity index is 1330. The van der Waals surface area contributed by atoms with E-state index >= 15 is 0 Å². The first kappa shape index (κ1) is 22.9. The standard InChI is InChI=1S/C25H24ClN5O4/c1-35-17-9-10-20(19(26)14-17)31-23-18(22(28-31)24(27)33)11-13-30(25(23)34)16-7-5-15(6-8-16)29-12-3-2-4-21(29)32/h5-10,14H,2-4,11-13H2,1H3,(H2,27,33). The molecule has 0 atom stereocenters. The monoisotopic (exact) mass is 493 g/mol. The zero-order chi connectivity index (χ0) is 24.7. The number of hydrogen-bond donors (Lipinski definition) is 1. The Kier molecular flexibility index (Phi) is 5.94. The molecule has 0 radical (unpaired) electrons. The molecule has 9 nitrogen and oxygen atoms in total. The Labute approximate surface area is 207 Å². The lowest BCUT2D eigenvalue weighted by molar-refractivity contribution is -0.119. The fraction of sp³-hybridized carbons (Fsp3) is 0.280. The summed E-state index contributed by atoms with van der Waals surface area (Å²) in [7, 11) is 1.53. The maximum absolute atomic E-state index is 13.7. The predicted molar refractivity (Wildman–Crippen MR) is 132 cm³/mol. The maximum Gasteiger partial charge on any atom is 0.277 e. The van der Waals surface area contributed by atoms with Crippen molar-refractivity contribution in [2.45, 2.75) is 25.7 Å². The molecule has 0 spiro atoms. The number of methoxy groups -OCH3 is 1. The van der Waals surface area contributed by atoms with E-state index in [9.17, 15) is 14.4 Å². The lowest BCUT2D eigenvalue weighted by Crippen LogP contribution is -2.39. The normalized spacial score (nSPS) is 15.8. The fourth-order valence-electron chi connectivity index (χ4n) is 4.66. The Balaban J connectivity index is 1.52. The van der Waals surface area contributed by atoms with Gasteiger partial charge in [0.2, 0.25) is 5.91 Å². The molecule has 0 bridgehead atoms. The van der Waals surface area contributed by atoms with Crippen LogP contribution in [0.3, 0.4) is 0 Å². The third kappa shape index (κ3) is 4.01. The fourth-order valence-corrected chi connectivity index (χ4v) is 4.91. The van der Waals surface area contributed by atoms with Crippen LogP contribution in [0.4, 0.5) is 11.4 Å². The second-order valence-electron chi connectivity index (χ2n) is 8.49. The Morgan fingerprint density at radius 3 is 2.34 bits per heavy atom. The summed E-state index contributed by atoms with van der Waals surface area (Å²) in [5.41, 5.74) is 8.31. The van der Waals surface area contributed by atoms with Crippen molar-refractivity contribution in [3.63, 3.8) is 0 Å². The number of benzene rings is 2. The quantitative estimate of drug-likeness (QED) is 0.586. The van der Waals surface area contributed by atoms with Crippen molar-refractivity contribution >= 4 is 40.7 Å². The minimum atomic E-state index is -0.707. The number of nitrogens with zero attached hydrogens (tertiary/aromatic N) is 4. The van der Waals surface area contributed by atoms with Gasteiger partial charge < -0.3 is 20.3 Å². The van der Waals surface area contributed by atoms with Crippen molar-refractivity contribution in [3.05, 3.63) is 64.4 Å². The van der Waals surface area contributed by atoms with Crippen LogP contribution in [0.5, 0.6) is 5.75 Å². The zero-order valence-corrected chi connectivity index (χ0v) is 19.9. The van der Waals surface area contributed by atoms with E-state index in [0.29, 0.717) is 53.6 Å². The Morgan fingerprint density at radius 2 is 1.71 bits per heavy atom. The number of primary amides is 1. The van der Waals surface area contributed by atoms with E-state index in [-0.39, 0.29) is 23.2 Å². The van der Waals surface area contributed by atoms with Crippen LogP contribution in [0.2, 0.25) is 5.02 Å². The van der Waals surface area contributed by atoms with Gasteiger partial charge in [-0.1, -0.05) is 11.6 Å². The van der Waals surface area contributed by atoms with Gasteiger partial charge in [-0.15, -0.1) is 0 Å². The van der Waals surface area contributed by atoms with Crippen molar-refractivity contribution in [2.24, 2.45) is 5.73 Å². The number of ether oxygens (including phenoxy) is 1. The molecule has 35 heavy (non-hydrogen) atoms. The molecule has 0 aliphatic carbocycles. The number of anilines is 2. The molecular formula is C25H24ClN5O4. The SMILES string of the molecule is COc1ccc(-n2nc(C(N)=O)c3c2C(=O)N(c2ccc(N4CCCCC4=O)cc2)CC3)c(Cl)c1. The molecule has 2 aliphatic rings. The molecule has 2 aromatic carbocycles. The Hall–Kier alpha value is -3.85. The first-order chi connectivity index (χ1) is 16.9. The van der Waals surface area contributed by atoms with Crippen molar-refractivity contribution in [1.82, 2.24) is 9.78 Å². The number of nitrogens with two attached hydrogens (primary N) is 1. The highest BCUT2D eigenvalue weighted by molar-refractivity contribution is 6.32. The molecule has 3 heterocycles. The van der Waals surface area contributed by atoms with Crippen molar-refractivity contribution in [2.75, 3.05) is 30.0 Å². The summed E-state index contributed by atoms with van der Waals surface area (Å²) >= 11 is 6.46. The van der Waals surface area contributed by atoms with Gasteiger partial charge in [-0.25, -0.2) is 4.68 Å². The van der Waals surface area contributed by atoms with E-state index in [1.165, 1.54) is 11.8 Å². The van der Waals surface area contributed by atoms with Crippen LogP contribution in [-0.4, -0.2) is 47.7 Å². The number of fused-ring (bicyclic) bond motifs is 1. The van der Waals surface area contributed by atoms with Crippen molar-refractivity contribution < 1.29 is 19.1 Å². The van der Waals surface area contributed by atoms with Gasteiger partial charge in [0.05, 0.1) is 17.8 Å². The number of rotatable bonds is 5. The van der Waals surface area contributed by atoms with Crippen LogP contribution in [0.15, 0.2) is 42.5 Å². The topological polar surface area (TPSA) is 111 Å². The summed E-state index contributed by atoms with van der Waals surface area (Å²) in [6, 6.07) is 12.4. The van der Waals surface area contributed by atoms with E-state index in [4.69, 9.17) is 22.1 Å². The second kappa shape index (κ2) is 9.07. The van der Waals surface area contributed by atoms with Gasteiger partial charge >= 0.3 is 0 Å². The lowest BCUT2D eigenvalue weighted by Gasteiger charge is -2.29. The molecular weight excluding hydrogens is 470 g/mol. The summed E-state index contributed by atoms with van der Waals surface area (Å²) in [4.78, 5) is 41.5. The third-order valence-electron chi connectivity index (χ3n) is 6.43. The van der Waals surface area contributed by atoms with E-state index in [1.54, 1.807) is 28.0 Å². The predicted octanol–water partition coefficient (Wildman–Crippen LogP) is 3.35. The second-order valence-corrected chi connectivity index (χ2v) is 8.90. The van der Waals surface area contributed by atoms with Gasteiger partial charge in [-0.05, 0) is 55.7 Å². The summed E-state index contributed by atoms with van der Waals surface area (Å²) in [5.74, 6) is -0.363. The van der Waals surface area contributed by atoms with Crippen LogP contribution in [0.1, 0.15) is 45.8 Å². The average Bonchev–Trinajstić information content (AvgIpc) is 3.25. The molecule has 2 N–H and O–H groups in total. The van der Waals surface area contributed by atoms with E-state index < -0.39 is 5.91 Å². The van der Waals surface area contributed by atoms with Crippen LogP contribution in [0.25, 0.3) is 5.69 Å². The van der Waals surface area contributed by atoms with Crippen LogP contribution in [0, 0.1) is 0 Å². The molecule has 3 aromatic rings. The molecule has 1 saturated heterocycles. The summed E-state index contributed by atoms with van der Waals surface area (Å²) in [6.07, 6.45) is 2.84. The van der Waals surface area contributed by atoms with E-state index in [1.807, 2.05) is 24.3 Å². The molecule has 0 saturated carbocycles. The van der Waals surface area contributed by atoms with E-state index in [2.05, 4.69) is 5.10 Å². The number of halogens is 1. The zero-order valence-electron chi connectivity index (χ0n) is 19.2.